The first kappa shape index (κ1) is 15.4. The Labute approximate surface area is 154 Å². The van der Waals surface area contributed by atoms with Crippen LogP contribution in [0.1, 0.15) is 27.8 Å². The van der Waals surface area contributed by atoms with Crippen LogP contribution in [-0.2, 0) is 13.5 Å². The van der Waals surface area contributed by atoms with E-state index >= 15 is 0 Å². The van der Waals surface area contributed by atoms with E-state index in [2.05, 4.69) is 91.8 Å². The van der Waals surface area contributed by atoms with E-state index in [4.69, 9.17) is 0 Å². The lowest BCUT2D eigenvalue weighted by Gasteiger charge is -2.10. The average Bonchev–Trinajstić information content (AvgIpc) is 3.19. The number of aryl methyl sites for hydroxylation is 4. The molecule has 0 radical (unpaired) electrons. The SMILES string of the molecule is Cc1cc(-c2cc3c(cc2C)-c2cc4cccn4cc2C3)[n+](C)cc1C. The van der Waals surface area contributed by atoms with Crippen LogP contribution in [0.2, 0.25) is 0 Å². The standard InChI is InChI=1S/C24H23N2/c1-15-9-24(25(4)13-17(15)3)21-11-18-10-19-14-26-7-5-6-20(26)12-23(19)22(18)8-16(21)2/h5-9,11-14H,10H2,1-4H3/q+1. The Kier molecular flexibility index (Phi) is 3.14. The van der Waals surface area contributed by atoms with Gasteiger partial charge in [-0.2, -0.15) is 0 Å². The van der Waals surface area contributed by atoms with E-state index in [1.54, 1.807) is 0 Å². The first-order valence-electron chi connectivity index (χ1n) is 9.22. The summed E-state index contributed by atoms with van der Waals surface area (Å²) in [4.78, 5) is 0. The molecular formula is C24H23N2+. The minimum atomic E-state index is 1.01. The van der Waals surface area contributed by atoms with Crippen LogP contribution in [0, 0.1) is 20.8 Å². The Hall–Kier alpha value is -2.87. The van der Waals surface area contributed by atoms with Crippen molar-refractivity contribution >= 4 is 5.52 Å². The Morgan fingerprint density at radius 1 is 0.846 bits per heavy atom. The quantitative estimate of drug-likeness (QED) is 0.383. The fourth-order valence-corrected chi connectivity index (χ4v) is 4.30. The van der Waals surface area contributed by atoms with Gasteiger partial charge < -0.3 is 4.40 Å². The summed E-state index contributed by atoms with van der Waals surface area (Å²) in [6.45, 7) is 6.60. The Morgan fingerprint density at radius 3 is 2.50 bits per heavy atom. The summed E-state index contributed by atoms with van der Waals surface area (Å²) in [7, 11) is 2.15. The molecule has 0 spiro atoms. The Bertz CT molecular complexity index is 1190. The highest BCUT2D eigenvalue weighted by atomic mass is 14.9. The van der Waals surface area contributed by atoms with Crippen LogP contribution in [0.3, 0.4) is 0 Å². The summed E-state index contributed by atoms with van der Waals surface area (Å²) in [5.74, 6) is 0. The van der Waals surface area contributed by atoms with Gasteiger partial charge in [0.1, 0.15) is 7.05 Å². The predicted molar refractivity (Wildman–Crippen MR) is 106 cm³/mol. The van der Waals surface area contributed by atoms with Crippen molar-refractivity contribution in [1.29, 1.82) is 0 Å². The molecule has 2 heteroatoms. The first-order valence-corrected chi connectivity index (χ1v) is 9.22. The maximum Gasteiger partial charge on any atom is 0.212 e. The maximum atomic E-state index is 2.41. The fourth-order valence-electron chi connectivity index (χ4n) is 4.30. The van der Waals surface area contributed by atoms with Crippen molar-refractivity contribution in [3.63, 3.8) is 0 Å². The predicted octanol–water partition coefficient (Wildman–Crippen LogP) is 4.93. The fraction of sp³-hybridized carbons (Fsp3) is 0.208. The molecule has 1 aromatic carbocycles. The van der Waals surface area contributed by atoms with Gasteiger partial charge in [-0.3, -0.25) is 0 Å². The molecule has 2 nitrogen and oxygen atoms in total. The highest BCUT2D eigenvalue weighted by Crippen LogP contribution is 2.40. The Balaban J connectivity index is 1.70. The number of hydrogen-bond donors (Lipinski definition) is 0. The lowest BCUT2D eigenvalue weighted by atomic mass is 9.95. The average molecular weight is 339 g/mol. The van der Waals surface area contributed by atoms with Crippen molar-refractivity contribution in [2.24, 2.45) is 7.05 Å². The lowest BCUT2D eigenvalue weighted by Crippen LogP contribution is -2.31. The molecule has 3 heterocycles. The van der Waals surface area contributed by atoms with Gasteiger partial charge in [0.2, 0.25) is 5.69 Å². The van der Waals surface area contributed by atoms with Crippen molar-refractivity contribution in [3.05, 3.63) is 82.8 Å². The van der Waals surface area contributed by atoms with E-state index in [1.165, 1.54) is 55.7 Å². The number of rotatable bonds is 1. The van der Waals surface area contributed by atoms with Gasteiger partial charge in [0.25, 0.3) is 0 Å². The molecule has 0 aliphatic heterocycles. The van der Waals surface area contributed by atoms with Crippen LogP contribution in [0.5, 0.6) is 0 Å². The number of nitrogens with zero attached hydrogens (tertiary/aromatic N) is 2. The smallest absolute Gasteiger partial charge is 0.212 e. The van der Waals surface area contributed by atoms with Gasteiger partial charge in [-0.1, -0.05) is 6.07 Å². The third kappa shape index (κ3) is 2.15. The highest BCUT2D eigenvalue weighted by molar-refractivity contribution is 5.83. The Morgan fingerprint density at radius 2 is 1.65 bits per heavy atom. The summed E-state index contributed by atoms with van der Waals surface area (Å²) in [5.41, 5.74) is 13.6. The molecule has 0 saturated heterocycles. The monoisotopic (exact) mass is 339 g/mol. The van der Waals surface area contributed by atoms with Gasteiger partial charge in [0, 0.05) is 41.5 Å². The molecule has 0 saturated carbocycles. The minimum Gasteiger partial charge on any atom is -0.324 e. The number of fused-ring (bicyclic) bond motifs is 4. The topological polar surface area (TPSA) is 8.29 Å². The summed E-state index contributed by atoms with van der Waals surface area (Å²) >= 11 is 0. The van der Waals surface area contributed by atoms with Crippen LogP contribution in [0.25, 0.3) is 27.9 Å². The van der Waals surface area contributed by atoms with Gasteiger partial charge in [-0.25, -0.2) is 4.57 Å². The molecule has 0 N–H and O–H groups in total. The van der Waals surface area contributed by atoms with E-state index in [0.29, 0.717) is 0 Å². The van der Waals surface area contributed by atoms with Crippen LogP contribution in [0.4, 0.5) is 0 Å². The second kappa shape index (κ2) is 5.31. The molecule has 1 aliphatic carbocycles. The summed E-state index contributed by atoms with van der Waals surface area (Å²) in [6.07, 6.45) is 7.66. The minimum absolute atomic E-state index is 1.01. The normalized spacial score (nSPS) is 12.5. The van der Waals surface area contributed by atoms with E-state index in [9.17, 15) is 0 Å². The zero-order valence-electron chi connectivity index (χ0n) is 15.8. The second-order valence-corrected chi connectivity index (χ2v) is 7.69. The lowest BCUT2D eigenvalue weighted by molar-refractivity contribution is -0.660. The molecule has 0 bridgehead atoms. The summed E-state index contributed by atoms with van der Waals surface area (Å²) < 4.78 is 4.48. The molecule has 0 unspecified atom stereocenters. The molecule has 4 aromatic rings. The molecule has 1 aliphatic rings. The summed E-state index contributed by atoms with van der Waals surface area (Å²) in [6, 6.07) is 13.7. The molecule has 0 fully saturated rings. The van der Waals surface area contributed by atoms with E-state index in [1.807, 2.05) is 0 Å². The van der Waals surface area contributed by atoms with Crippen molar-refractivity contribution in [2.75, 3.05) is 0 Å². The molecule has 0 amide bonds. The zero-order valence-corrected chi connectivity index (χ0v) is 15.8. The molecule has 5 rings (SSSR count). The second-order valence-electron chi connectivity index (χ2n) is 7.69. The van der Waals surface area contributed by atoms with E-state index in [0.717, 1.165) is 6.42 Å². The summed E-state index contributed by atoms with van der Waals surface area (Å²) in [5, 5.41) is 0. The third-order valence-corrected chi connectivity index (χ3v) is 5.88. The largest absolute Gasteiger partial charge is 0.324 e. The zero-order chi connectivity index (χ0) is 18.0. The highest BCUT2D eigenvalue weighted by Gasteiger charge is 2.23. The van der Waals surface area contributed by atoms with Gasteiger partial charge >= 0.3 is 0 Å². The van der Waals surface area contributed by atoms with Crippen molar-refractivity contribution in [1.82, 2.24) is 4.40 Å². The van der Waals surface area contributed by atoms with Gasteiger partial charge in [0.05, 0.1) is 0 Å². The van der Waals surface area contributed by atoms with E-state index in [-0.39, 0.29) is 0 Å². The molecule has 0 atom stereocenters. The number of benzene rings is 1. The third-order valence-electron chi connectivity index (χ3n) is 5.88. The van der Waals surface area contributed by atoms with Gasteiger partial charge in [-0.15, -0.1) is 0 Å². The van der Waals surface area contributed by atoms with E-state index < -0.39 is 0 Å². The number of hydrogen-bond acceptors (Lipinski definition) is 0. The molecule has 26 heavy (non-hydrogen) atoms. The molecular weight excluding hydrogens is 316 g/mol. The first-order chi connectivity index (χ1) is 12.5. The molecule has 128 valence electrons. The van der Waals surface area contributed by atoms with Gasteiger partial charge in [-0.05, 0) is 78.4 Å². The van der Waals surface area contributed by atoms with Gasteiger partial charge in [0.15, 0.2) is 6.20 Å². The van der Waals surface area contributed by atoms with Crippen LogP contribution < -0.4 is 4.57 Å². The van der Waals surface area contributed by atoms with Crippen molar-refractivity contribution in [2.45, 2.75) is 27.2 Å². The number of aromatic nitrogens is 2. The maximum absolute atomic E-state index is 2.41. The van der Waals surface area contributed by atoms with Crippen LogP contribution >= 0.6 is 0 Å². The molecule has 3 aromatic heterocycles. The van der Waals surface area contributed by atoms with Crippen LogP contribution in [0.15, 0.2) is 55.0 Å². The van der Waals surface area contributed by atoms with Crippen molar-refractivity contribution < 1.29 is 4.57 Å². The number of pyridine rings is 2. The van der Waals surface area contributed by atoms with Crippen LogP contribution in [-0.4, -0.2) is 4.40 Å². The van der Waals surface area contributed by atoms with Crippen molar-refractivity contribution in [3.8, 4) is 22.4 Å².